The summed E-state index contributed by atoms with van der Waals surface area (Å²) in [6, 6.07) is 16.7. The van der Waals surface area contributed by atoms with E-state index >= 15 is 0 Å². The molecule has 0 spiro atoms. The van der Waals surface area contributed by atoms with Gasteiger partial charge in [0, 0.05) is 6.42 Å². The number of nitrogens with one attached hydrogen (secondary N) is 1. The Morgan fingerprint density at radius 3 is 2.50 bits per heavy atom. The minimum Gasteiger partial charge on any atom is -0.342 e. The molecule has 0 atom stereocenters. The number of hydrogen-bond acceptors (Lipinski definition) is 1. The average molecular weight is 285 g/mol. The Morgan fingerprint density at radius 1 is 1.05 bits per heavy atom. The fraction of sp³-hybridized carbons (Fsp3) is 0.118. The summed E-state index contributed by atoms with van der Waals surface area (Å²) in [5, 5.41) is 0. The highest BCUT2D eigenvalue weighted by atomic mass is 35.5. The molecular weight excluding hydrogens is 268 g/mol. The molecule has 0 aliphatic rings. The van der Waals surface area contributed by atoms with Gasteiger partial charge in [0.2, 0.25) is 0 Å². The number of nitrogens with zero attached hydrogens (tertiary/aromatic N) is 1. The van der Waals surface area contributed by atoms with E-state index in [0.29, 0.717) is 0 Å². The maximum Gasteiger partial charge on any atom is 0.111 e. The minimum absolute atomic E-state index is 0. The number of fused-ring (bicyclic) bond motifs is 1. The van der Waals surface area contributed by atoms with E-state index in [1.54, 1.807) is 0 Å². The summed E-state index contributed by atoms with van der Waals surface area (Å²) in [5.74, 6) is 1.01. The number of hydrogen-bond donors (Lipinski definition) is 1. The first-order chi connectivity index (χ1) is 9.35. The van der Waals surface area contributed by atoms with Crippen molar-refractivity contribution in [1.82, 2.24) is 9.97 Å². The fourth-order valence-corrected chi connectivity index (χ4v) is 2.22. The lowest BCUT2D eigenvalue weighted by Gasteiger charge is -1.99. The summed E-state index contributed by atoms with van der Waals surface area (Å²) in [4.78, 5) is 7.96. The number of imidazole rings is 1. The highest BCUT2D eigenvalue weighted by Gasteiger charge is 2.02. The average Bonchev–Trinajstić information content (AvgIpc) is 2.83. The summed E-state index contributed by atoms with van der Waals surface area (Å²) in [5.41, 5.74) is 4.63. The number of halogens is 1. The number of allylic oxidation sites excluding steroid dienone is 1. The number of benzene rings is 2. The maximum atomic E-state index is 4.60. The number of aromatic amines is 1. The molecule has 3 rings (SSSR count). The second-order valence-corrected chi connectivity index (χ2v) is 4.62. The molecule has 102 valence electrons. The molecule has 1 N–H and O–H groups in total. The van der Waals surface area contributed by atoms with Gasteiger partial charge in [-0.05, 0) is 30.2 Å². The fourth-order valence-electron chi connectivity index (χ4n) is 2.22. The molecule has 20 heavy (non-hydrogen) atoms. The van der Waals surface area contributed by atoms with Gasteiger partial charge in [-0.3, -0.25) is 0 Å². The van der Waals surface area contributed by atoms with Crippen LogP contribution in [0.5, 0.6) is 0 Å². The molecule has 2 nitrogen and oxygen atoms in total. The Hall–Kier alpha value is -2.06. The highest BCUT2D eigenvalue weighted by Crippen LogP contribution is 2.14. The number of aromatic nitrogens is 2. The molecule has 0 saturated carbocycles. The van der Waals surface area contributed by atoms with Crippen LogP contribution >= 0.6 is 12.4 Å². The molecule has 0 bridgehead atoms. The van der Waals surface area contributed by atoms with Gasteiger partial charge in [-0.15, -0.1) is 12.4 Å². The Kier molecular flexibility index (Phi) is 4.59. The molecule has 1 aromatic heterocycles. The van der Waals surface area contributed by atoms with Crippen molar-refractivity contribution in [3.05, 3.63) is 71.6 Å². The molecule has 2 aromatic carbocycles. The smallest absolute Gasteiger partial charge is 0.111 e. The van der Waals surface area contributed by atoms with Crippen molar-refractivity contribution in [2.24, 2.45) is 0 Å². The minimum atomic E-state index is 0. The van der Waals surface area contributed by atoms with Crippen molar-refractivity contribution in [3.63, 3.8) is 0 Å². The summed E-state index contributed by atoms with van der Waals surface area (Å²) in [6.45, 7) is 2.03. The van der Waals surface area contributed by atoms with Crippen LogP contribution in [0.3, 0.4) is 0 Å². The standard InChI is InChI=1S/C17H16N2.ClH/c1-2-5-13-8-10-14(11-9-13)12-17-18-15-6-3-4-7-16(15)19-17;/h2-11H,12H2,1H3,(H,18,19);1H/b5-2+;. The van der Waals surface area contributed by atoms with Crippen molar-refractivity contribution in [2.45, 2.75) is 13.3 Å². The van der Waals surface area contributed by atoms with Gasteiger partial charge in [0.1, 0.15) is 5.82 Å². The molecular formula is C17H17ClN2. The first-order valence-electron chi connectivity index (χ1n) is 6.50. The molecule has 0 saturated heterocycles. The van der Waals surface area contributed by atoms with E-state index in [1.807, 2.05) is 31.2 Å². The zero-order valence-electron chi connectivity index (χ0n) is 11.3. The largest absolute Gasteiger partial charge is 0.342 e. The van der Waals surface area contributed by atoms with Crippen molar-refractivity contribution in [2.75, 3.05) is 0 Å². The Bertz CT molecular complexity index is 678. The molecule has 0 fully saturated rings. The molecule has 0 amide bonds. The highest BCUT2D eigenvalue weighted by molar-refractivity contribution is 5.85. The van der Waals surface area contributed by atoms with Crippen LogP contribution in [0, 0.1) is 0 Å². The van der Waals surface area contributed by atoms with Gasteiger partial charge >= 0.3 is 0 Å². The Labute approximate surface area is 125 Å². The van der Waals surface area contributed by atoms with E-state index in [4.69, 9.17) is 0 Å². The topological polar surface area (TPSA) is 28.7 Å². The van der Waals surface area contributed by atoms with Gasteiger partial charge < -0.3 is 4.98 Å². The van der Waals surface area contributed by atoms with Crippen molar-refractivity contribution in [3.8, 4) is 0 Å². The summed E-state index contributed by atoms with van der Waals surface area (Å²) < 4.78 is 0. The van der Waals surface area contributed by atoms with Crippen LogP contribution < -0.4 is 0 Å². The quantitative estimate of drug-likeness (QED) is 0.747. The second kappa shape index (κ2) is 6.40. The van der Waals surface area contributed by atoms with E-state index in [1.165, 1.54) is 11.1 Å². The monoisotopic (exact) mass is 284 g/mol. The van der Waals surface area contributed by atoms with Crippen molar-refractivity contribution in [1.29, 1.82) is 0 Å². The summed E-state index contributed by atoms with van der Waals surface area (Å²) in [7, 11) is 0. The molecule has 0 unspecified atom stereocenters. The molecule has 0 aliphatic heterocycles. The predicted octanol–water partition coefficient (Wildman–Crippen LogP) is 4.61. The van der Waals surface area contributed by atoms with Gasteiger partial charge in [-0.2, -0.15) is 0 Å². The Balaban J connectivity index is 0.00000147. The normalized spacial score (nSPS) is 10.8. The molecule has 0 aliphatic carbocycles. The molecule has 1 heterocycles. The van der Waals surface area contributed by atoms with E-state index in [9.17, 15) is 0 Å². The van der Waals surface area contributed by atoms with Crippen LogP contribution in [0.1, 0.15) is 23.9 Å². The Morgan fingerprint density at radius 2 is 1.80 bits per heavy atom. The van der Waals surface area contributed by atoms with Crippen LogP contribution in [0.25, 0.3) is 17.1 Å². The van der Waals surface area contributed by atoms with Crippen LogP contribution in [0.2, 0.25) is 0 Å². The molecule has 3 heteroatoms. The number of para-hydroxylation sites is 2. The summed E-state index contributed by atoms with van der Waals surface area (Å²) in [6.07, 6.45) is 4.99. The van der Waals surface area contributed by atoms with E-state index in [0.717, 1.165) is 23.3 Å². The zero-order valence-corrected chi connectivity index (χ0v) is 12.2. The van der Waals surface area contributed by atoms with Crippen LogP contribution in [0.4, 0.5) is 0 Å². The van der Waals surface area contributed by atoms with Crippen molar-refractivity contribution >= 4 is 29.5 Å². The summed E-state index contributed by atoms with van der Waals surface area (Å²) >= 11 is 0. The van der Waals surface area contributed by atoms with Crippen LogP contribution in [0.15, 0.2) is 54.6 Å². The van der Waals surface area contributed by atoms with Gasteiger partial charge in [0.15, 0.2) is 0 Å². The first kappa shape index (κ1) is 14.4. The predicted molar refractivity (Wildman–Crippen MR) is 87.3 cm³/mol. The van der Waals surface area contributed by atoms with Crippen molar-refractivity contribution < 1.29 is 0 Å². The lowest BCUT2D eigenvalue weighted by Crippen LogP contribution is -1.90. The van der Waals surface area contributed by atoms with Gasteiger partial charge in [0.25, 0.3) is 0 Å². The van der Waals surface area contributed by atoms with Crippen LogP contribution in [-0.4, -0.2) is 9.97 Å². The van der Waals surface area contributed by atoms with Crippen LogP contribution in [-0.2, 0) is 6.42 Å². The van der Waals surface area contributed by atoms with Gasteiger partial charge in [-0.1, -0.05) is 48.6 Å². The van der Waals surface area contributed by atoms with Gasteiger partial charge in [-0.25, -0.2) is 4.98 Å². The number of rotatable bonds is 3. The maximum absolute atomic E-state index is 4.60. The lowest BCUT2D eigenvalue weighted by molar-refractivity contribution is 1.04. The van der Waals surface area contributed by atoms with E-state index < -0.39 is 0 Å². The van der Waals surface area contributed by atoms with Gasteiger partial charge in [0.05, 0.1) is 11.0 Å². The van der Waals surface area contributed by atoms with E-state index in [2.05, 4.69) is 46.4 Å². The third kappa shape index (κ3) is 3.09. The SMILES string of the molecule is C/C=C/c1ccc(Cc2nc3ccccc3[nH]2)cc1.Cl. The zero-order chi connectivity index (χ0) is 13.1. The first-order valence-corrected chi connectivity index (χ1v) is 6.50. The third-order valence-corrected chi connectivity index (χ3v) is 3.15. The second-order valence-electron chi connectivity index (χ2n) is 4.62. The third-order valence-electron chi connectivity index (χ3n) is 3.15. The molecule has 3 aromatic rings. The number of H-pyrrole nitrogens is 1. The van der Waals surface area contributed by atoms with E-state index in [-0.39, 0.29) is 12.4 Å². The lowest BCUT2D eigenvalue weighted by atomic mass is 10.1. The molecule has 0 radical (unpaired) electrons.